The minimum Gasteiger partial charge on any atom is -0.441 e. The van der Waals surface area contributed by atoms with Crippen molar-refractivity contribution in [3.63, 3.8) is 0 Å². The van der Waals surface area contributed by atoms with Crippen molar-refractivity contribution in [2.24, 2.45) is 7.05 Å². The minimum atomic E-state index is -0.513. The summed E-state index contributed by atoms with van der Waals surface area (Å²) in [6.07, 6.45) is 0.782. The van der Waals surface area contributed by atoms with E-state index in [0.29, 0.717) is 10.3 Å². The number of aromatic nitrogens is 2. The SMILES string of the molecule is CC(OC(=O)Nc1c(Br)cnn1C)c1ccccc1. The number of hydrogen-bond donors (Lipinski definition) is 1. The highest BCUT2D eigenvalue weighted by molar-refractivity contribution is 9.10. The molecule has 0 aliphatic heterocycles. The second-order valence-electron chi connectivity index (χ2n) is 4.05. The Balaban J connectivity index is 1.99. The largest absolute Gasteiger partial charge is 0.441 e. The van der Waals surface area contributed by atoms with Crippen LogP contribution in [0.25, 0.3) is 0 Å². The van der Waals surface area contributed by atoms with Gasteiger partial charge in [0, 0.05) is 7.05 Å². The Morgan fingerprint density at radius 3 is 2.68 bits per heavy atom. The van der Waals surface area contributed by atoms with E-state index in [0.717, 1.165) is 5.56 Å². The second kappa shape index (κ2) is 5.88. The van der Waals surface area contributed by atoms with E-state index in [1.165, 1.54) is 0 Å². The van der Waals surface area contributed by atoms with Crippen molar-refractivity contribution in [1.82, 2.24) is 9.78 Å². The van der Waals surface area contributed by atoms with E-state index < -0.39 is 6.09 Å². The highest BCUT2D eigenvalue weighted by Gasteiger charge is 2.14. The number of hydrogen-bond acceptors (Lipinski definition) is 3. The summed E-state index contributed by atoms with van der Waals surface area (Å²) >= 11 is 3.30. The summed E-state index contributed by atoms with van der Waals surface area (Å²) < 4.78 is 7.57. The van der Waals surface area contributed by atoms with Crippen molar-refractivity contribution in [2.45, 2.75) is 13.0 Å². The number of anilines is 1. The first-order valence-corrected chi connectivity index (χ1v) is 6.57. The van der Waals surface area contributed by atoms with E-state index in [2.05, 4.69) is 26.3 Å². The number of benzene rings is 1. The molecular weight excluding hydrogens is 310 g/mol. The maximum Gasteiger partial charge on any atom is 0.413 e. The smallest absolute Gasteiger partial charge is 0.413 e. The van der Waals surface area contributed by atoms with E-state index in [4.69, 9.17) is 4.74 Å². The summed E-state index contributed by atoms with van der Waals surface area (Å²) in [5, 5.41) is 6.66. The van der Waals surface area contributed by atoms with E-state index >= 15 is 0 Å². The van der Waals surface area contributed by atoms with E-state index in [-0.39, 0.29) is 6.10 Å². The van der Waals surface area contributed by atoms with Gasteiger partial charge >= 0.3 is 6.09 Å². The van der Waals surface area contributed by atoms with Gasteiger partial charge in [0.1, 0.15) is 11.9 Å². The van der Waals surface area contributed by atoms with E-state index in [9.17, 15) is 4.79 Å². The quantitative estimate of drug-likeness (QED) is 0.940. The molecule has 0 saturated heterocycles. The third kappa shape index (κ3) is 3.35. The number of halogens is 1. The fourth-order valence-electron chi connectivity index (χ4n) is 1.63. The van der Waals surface area contributed by atoms with Crippen molar-refractivity contribution in [3.05, 3.63) is 46.6 Å². The van der Waals surface area contributed by atoms with E-state index in [1.807, 2.05) is 37.3 Å². The Morgan fingerprint density at radius 2 is 2.11 bits per heavy atom. The fraction of sp³-hybridized carbons (Fsp3) is 0.231. The maximum atomic E-state index is 11.8. The molecule has 0 aliphatic carbocycles. The number of aryl methyl sites for hydroxylation is 1. The average molecular weight is 324 g/mol. The van der Waals surface area contributed by atoms with Crippen molar-refractivity contribution in [3.8, 4) is 0 Å². The fourth-order valence-corrected chi connectivity index (χ4v) is 2.08. The second-order valence-corrected chi connectivity index (χ2v) is 4.90. The molecular formula is C13H14BrN3O2. The van der Waals surface area contributed by atoms with Crippen molar-refractivity contribution in [1.29, 1.82) is 0 Å². The van der Waals surface area contributed by atoms with Crippen LogP contribution in [0.4, 0.5) is 10.6 Å². The van der Waals surface area contributed by atoms with Gasteiger partial charge in [-0.05, 0) is 28.4 Å². The van der Waals surface area contributed by atoms with Gasteiger partial charge in [0.2, 0.25) is 0 Å². The van der Waals surface area contributed by atoms with Gasteiger partial charge in [-0.15, -0.1) is 0 Å². The van der Waals surface area contributed by atoms with Gasteiger partial charge in [0.15, 0.2) is 0 Å². The zero-order chi connectivity index (χ0) is 13.8. The number of rotatable bonds is 3. The van der Waals surface area contributed by atoms with Crippen LogP contribution in [0.5, 0.6) is 0 Å². The molecule has 6 heteroatoms. The van der Waals surface area contributed by atoms with Crippen LogP contribution in [0.2, 0.25) is 0 Å². The highest BCUT2D eigenvalue weighted by Crippen LogP contribution is 2.22. The number of carbonyl (C=O) groups is 1. The van der Waals surface area contributed by atoms with Gasteiger partial charge in [0.05, 0.1) is 10.7 Å². The molecule has 2 aromatic rings. The van der Waals surface area contributed by atoms with Crippen LogP contribution >= 0.6 is 15.9 Å². The molecule has 0 fully saturated rings. The molecule has 1 atom stereocenters. The minimum absolute atomic E-state index is 0.312. The molecule has 0 radical (unpaired) electrons. The molecule has 1 heterocycles. The molecule has 1 aromatic heterocycles. The molecule has 1 N–H and O–H groups in total. The lowest BCUT2D eigenvalue weighted by Gasteiger charge is -2.14. The number of nitrogens with one attached hydrogen (secondary N) is 1. The monoisotopic (exact) mass is 323 g/mol. The number of ether oxygens (including phenoxy) is 1. The van der Waals surface area contributed by atoms with Crippen LogP contribution in [0.1, 0.15) is 18.6 Å². The van der Waals surface area contributed by atoms with Crippen LogP contribution in [0.3, 0.4) is 0 Å². The van der Waals surface area contributed by atoms with Gasteiger partial charge in [-0.1, -0.05) is 30.3 Å². The summed E-state index contributed by atoms with van der Waals surface area (Å²) in [4.78, 5) is 11.8. The third-order valence-corrected chi connectivity index (χ3v) is 3.25. The van der Waals surface area contributed by atoms with Crippen molar-refractivity contribution in [2.75, 3.05) is 5.32 Å². The summed E-state index contributed by atoms with van der Waals surface area (Å²) in [6, 6.07) is 9.56. The predicted octanol–water partition coefficient (Wildman–Crippen LogP) is 3.49. The summed E-state index contributed by atoms with van der Waals surface area (Å²) in [5.41, 5.74) is 0.946. The first kappa shape index (κ1) is 13.6. The summed E-state index contributed by atoms with van der Waals surface area (Å²) in [5.74, 6) is 0.560. The van der Waals surface area contributed by atoms with Gasteiger partial charge in [0.25, 0.3) is 0 Å². The molecule has 100 valence electrons. The highest BCUT2D eigenvalue weighted by atomic mass is 79.9. The van der Waals surface area contributed by atoms with Crippen LogP contribution in [0.15, 0.2) is 41.0 Å². The Hall–Kier alpha value is -1.82. The Kier molecular flexibility index (Phi) is 4.21. The predicted molar refractivity (Wildman–Crippen MR) is 75.9 cm³/mol. The number of nitrogens with zero attached hydrogens (tertiary/aromatic N) is 2. The number of carbonyl (C=O) groups excluding carboxylic acids is 1. The summed E-state index contributed by atoms with van der Waals surface area (Å²) in [7, 11) is 1.74. The van der Waals surface area contributed by atoms with Crippen LogP contribution in [-0.2, 0) is 11.8 Å². The Morgan fingerprint density at radius 1 is 1.42 bits per heavy atom. The Bertz CT molecular complexity index is 549. The van der Waals surface area contributed by atoms with Crippen LogP contribution < -0.4 is 5.32 Å². The molecule has 1 aromatic carbocycles. The molecule has 19 heavy (non-hydrogen) atoms. The molecule has 0 saturated carbocycles. The van der Waals surface area contributed by atoms with Gasteiger partial charge in [-0.3, -0.25) is 10.00 Å². The normalized spacial score (nSPS) is 11.9. The zero-order valence-electron chi connectivity index (χ0n) is 10.6. The van der Waals surface area contributed by atoms with Gasteiger partial charge < -0.3 is 4.74 Å². The standard InChI is InChI=1S/C13H14BrN3O2/c1-9(10-6-4-3-5-7-10)19-13(18)16-12-11(14)8-15-17(12)2/h3-9H,1-2H3,(H,16,18). The molecule has 0 bridgehead atoms. The van der Waals surface area contributed by atoms with Crippen LogP contribution in [-0.4, -0.2) is 15.9 Å². The number of amides is 1. The topological polar surface area (TPSA) is 56.1 Å². The lowest BCUT2D eigenvalue weighted by molar-refractivity contribution is 0.121. The first-order chi connectivity index (χ1) is 9.08. The van der Waals surface area contributed by atoms with Gasteiger partial charge in [-0.2, -0.15) is 5.10 Å². The molecule has 5 nitrogen and oxygen atoms in total. The third-order valence-electron chi connectivity index (χ3n) is 2.67. The summed E-state index contributed by atoms with van der Waals surface area (Å²) in [6.45, 7) is 1.83. The Labute approximate surface area is 119 Å². The molecule has 2 rings (SSSR count). The first-order valence-electron chi connectivity index (χ1n) is 5.78. The molecule has 1 unspecified atom stereocenters. The average Bonchev–Trinajstić information content (AvgIpc) is 2.71. The lowest BCUT2D eigenvalue weighted by Crippen LogP contribution is -2.18. The molecule has 0 aliphatic rings. The van der Waals surface area contributed by atoms with Crippen molar-refractivity contribution < 1.29 is 9.53 Å². The van der Waals surface area contributed by atoms with Crippen molar-refractivity contribution >= 4 is 27.8 Å². The maximum absolute atomic E-state index is 11.8. The molecule has 0 spiro atoms. The van der Waals surface area contributed by atoms with Gasteiger partial charge in [-0.25, -0.2) is 4.79 Å². The zero-order valence-corrected chi connectivity index (χ0v) is 12.2. The van der Waals surface area contributed by atoms with E-state index in [1.54, 1.807) is 17.9 Å². The lowest BCUT2D eigenvalue weighted by atomic mass is 10.1. The molecule has 1 amide bonds. The van der Waals surface area contributed by atoms with Crippen LogP contribution in [0, 0.1) is 0 Å².